The van der Waals surface area contributed by atoms with Gasteiger partial charge in [0.2, 0.25) is 10.0 Å². The first kappa shape index (κ1) is 17.0. The number of hydrogen-bond acceptors (Lipinski definition) is 3. The van der Waals surface area contributed by atoms with E-state index < -0.39 is 21.7 Å². The molecule has 0 amide bonds. The number of benzene rings is 1. The van der Waals surface area contributed by atoms with Crippen molar-refractivity contribution in [1.82, 2.24) is 4.31 Å². The Balaban J connectivity index is 3.24. The van der Waals surface area contributed by atoms with Gasteiger partial charge < -0.3 is 5.11 Å². The standard InChI is InChI=1S/C13H19F2NO3S/c1-3-10(4-2)16(7-8-17)20(18,19)11-5-6-12(14)13(15)9-11/h5-6,9-10,17H,3-4,7-8H2,1-2H3. The largest absolute Gasteiger partial charge is 0.395 e. The van der Waals surface area contributed by atoms with Crippen LogP contribution in [-0.4, -0.2) is 37.0 Å². The SMILES string of the molecule is CCC(CC)N(CCO)S(=O)(=O)c1ccc(F)c(F)c1. The number of sulfonamides is 1. The maximum Gasteiger partial charge on any atom is 0.243 e. The lowest BCUT2D eigenvalue weighted by atomic mass is 10.2. The number of aliphatic hydroxyl groups excluding tert-OH is 1. The van der Waals surface area contributed by atoms with Crippen molar-refractivity contribution in [2.45, 2.75) is 37.6 Å². The summed E-state index contributed by atoms with van der Waals surface area (Å²) < 4.78 is 52.2. The predicted molar refractivity (Wildman–Crippen MR) is 71.7 cm³/mol. The molecule has 1 aromatic carbocycles. The molecule has 1 N–H and O–H groups in total. The van der Waals surface area contributed by atoms with Crippen LogP contribution in [0.15, 0.2) is 23.1 Å². The highest BCUT2D eigenvalue weighted by Crippen LogP contribution is 2.22. The van der Waals surface area contributed by atoms with Gasteiger partial charge in [0, 0.05) is 12.6 Å². The Hall–Kier alpha value is -1.05. The third-order valence-corrected chi connectivity index (χ3v) is 5.12. The lowest BCUT2D eigenvalue weighted by Crippen LogP contribution is -2.41. The molecule has 0 aliphatic carbocycles. The average molecular weight is 307 g/mol. The first-order valence-electron chi connectivity index (χ1n) is 6.46. The van der Waals surface area contributed by atoms with Gasteiger partial charge in [-0.3, -0.25) is 0 Å². The summed E-state index contributed by atoms with van der Waals surface area (Å²) in [5.41, 5.74) is 0. The maximum atomic E-state index is 13.2. The molecule has 0 aromatic heterocycles. The van der Waals surface area contributed by atoms with E-state index in [4.69, 9.17) is 5.11 Å². The van der Waals surface area contributed by atoms with Crippen molar-refractivity contribution in [2.24, 2.45) is 0 Å². The smallest absolute Gasteiger partial charge is 0.243 e. The van der Waals surface area contributed by atoms with Gasteiger partial charge >= 0.3 is 0 Å². The van der Waals surface area contributed by atoms with Crippen molar-refractivity contribution < 1.29 is 22.3 Å². The molecule has 0 heterocycles. The highest BCUT2D eigenvalue weighted by molar-refractivity contribution is 7.89. The Morgan fingerprint density at radius 1 is 1.20 bits per heavy atom. The Bertz CT molecular complexity index is 545. The van der Waals surface area contributed by atoms with E-state index in [9.17, 15) is 17.2 Å². The summed E-state index contributed by atoms with van der Waals surface area (Å²) in [5, 5.41) is 9.05. The molecule has 20 heavy (non-hydrogen) atoms. The Morgan fingerprint density at radius 2 is 1.80 bits per heavy atom. The predicted octanol–water partition coefficient (Wildman–Crippen LogP) is 2.14. The number of hydrogen-bond donors (Lipinski definition) is 1. The minimum Gasteiger partial charge on any atom is -0.395 e. The van der Waals surface area contributed by atoms with E-state index in [1.54, 1.807) is 0 Å². The Kier molecular flexibility index (Phi) is 6.04. The fraction of sp³-hybridized carbons (Fsp3) is 0.538. The summed E-state index contributed by atoms with van der Waals surface area (Å²) >= 11 is 0. The van der Waals surface area contributed by atoms with Gasteiger partial charge in [0.05, 0.1) is 11.5 Å². The lowest BCUT2D eigenvalue weighted by molar-refractivity contribution is 0.219. The molecule has 0 bridgehead atoms. The van der Waals surface area contributed by atoms with Crippen LogP contribution >= 0.6 is 0 Å². The minimum atomic E-state index is -3.96. The monoisotopic (exact) mass is 307 g/mol. The van der Waals surface area contributed by atoms with Gasteiger partial charge in [-0.05, 0) is 31.0 Å². The molecule has 0 saturated carbocycles. The number of nitrogens with zero attached hydrogens (tertiary/aromatic N) is 1. The molecule has 0 fully saturated rings. The van der Waals surface area contributed by atoms with Crippen molar-refractivity contribution in [2.75, 3.05) is 13.2 Å². The van der Waals surface area contributed by atoms with E-state index in [0.29, 0.717) is 18.9 Å². The summed E-state index contributed by atoms with van der Waals surface area (Å²) in [6.45, 7) is 3.26. The van der Waals surface area contributed by atoms with Crippen LogP contribution in [0.4, 0.5) is 8.78 Å². The summed E-state index contributed by atoms with van der Waals surface area (Å²) in [7, 11) is -3.96. The van der Waals surface area contributed by atoms with Gasteiger partial charge in [-0.2, -0.15) is 4.31 Å². The van der Waals surface area contributed by atoms with Crippen molar-refractivity contribution in [3.05, 3.63) is 29.8 Å². The second-order valence-electron chi connectivity index (χ2n) is 4.39. The fourth-order valence-electron chi connectivity index (χ4n) is 2.07. The van der Waals surface area contributed by atoms with Crippen molar-refractivity contribution in [3.63, 3.8) is 0 Å². The van der Waals surface area contributed by atoms with Crippen LogP contribution in [0.25, 0.3) is 0 Å². The zero-order valence-electron chi connectivity index (χ0n) is 11.5. The topological polar surface area (TPSA) is 57.6 Å². The molecule has 0 aliphatic heterocycles. The van der Waals surface area contributed by atoms with Gasteiger partial charge in [-0.15, -0.1) is 0 Å². The lowest BCUT2D eigenvalue weighted by Gasteiger charge is -2.29. The molecule has 0 aliphatic rings. The van der Waals surface area contributed by atoms with Crippen LogP contribution in [-0.2, 0) is 10.0 Å². The summed E-state index contributed by atoms with van der Waals surface area (Å²) in [6, 6.07) is 2.18. The zero-order chi connectivity index (χ0) is 15.3. The molecule has 0 atom stereocenters. The molecule has 0 saturated heterocycles. The van der Waals surface area contributed by atoms with Crippen LogP contribution in [0, 0.1) is 11.6 Å². The zero-order valence-corrected chi connectivity index (χ0v) is 12.3. The number of aliphatic hydroxyl groups is 1. The molecular formula is C13H19F2NO3S. The summed E-state index contributed by atoms with van der Waals surface area (Å²) in [5.74, 6) is -2.31. The minimum absolute atomic E-state index is 0.0757. The molecule has 7 heteroatoms. The Morgan fingerprint density at radius 3 is 2.25 bits per heavy atom. The number of halogens is 2. The molecule has 1 aromatic rings. The molecule has 4 nitrogen and oxygen atoms in total. The van der Waals surface area contributed by atoms with Crippen LogP contribution in [0.1, 0.15) is 26.7 Å². The first-order valence-corrected chi connectivity index (χ1v) is 7.90. The summed E-state index contributed by atoms with van der Waals surface area (Å²) in [4.78, 5) is -0.309. The maximum absolute atomic E-state index is 13.2. The van der Waals surface area contributed by atoms with Gasteiger partial charge in [-0.1, -0.05) is 13.8 Å². The van der Waals surface area contributed by atoms with E-state index in [-0.39, 0.29) is 24.1 Å². The molecule has 0 unspecified atom stereocenters. The second-order valence-corrected chi connectivity index (χ2v) is 6.28. The third-order valence-electron chi connectivity index (χ3n) is 3.17. The van der Waals surface area contributed by atoms with Crippen LogP contribution in [0.5, 0.6) is 0 Å². The van der Waals surface area contributed by atoms with Gasteiger partial charge in [0.15, 0.2) is 11.6 Å². The average Bonchev–Trinajstić information content (AvgIpc) is 2.42. The molecular weight excluding hydrogens is 288 g/mol. The van der Waals surface area contributed by atoms with Gasteiger partial charge in [0.25, 0.3) is 0 Å². The van der Waals surface area contributed by atoms with Crippen LogP contribution < -0.4 is 0 Å². The molecule has 0 radical (unpaired) electrons. The Labute approximate surface area is 118 Å². The first-order chi connectivity index (χ1) is 9.38. The quantitative estimate of drug-likeness (QED) is 0.839. The van der Waals surface area contributed by atoms with Gasteiger partial charge in [-0.25, -0.2) is 17.2 Å². The van der Waals surface area contributed by atoms with Crippen LogP contribution in [0.2, 0.25) is 0 Å². The van der Waals surface area contributed by atoms with E-state index >= 15 is 0 Å². The summed E-state index contributed by atoms with van der Waals surface area (Å²) in [6.07, 6.45) is 1.14. The highest BCUT2D eigenvalue weighted by Gasteiger charge is 2.29. The van der Waals surface area contributed by atoms with E-state index in [0.717, 1.165) is 16.4 Å². The van der Waals surface area contributed by atoms with Crippen LogP contribution in [0.3, 0.4) is 0 Å². The molecule has 114 valence electrons. The molecule has 1 rings (SSSR count). The highest BCUT2D eigenvalue weighted by atomic mass is 32.2. The number of rotatable bonds is 7. The van der Waals surface area contributed by atoms with Crippen molar-refractivity contribution in [1.29, 1.82) is 0 Å². The third kappa shape index (κ3) is 3.53. The van der Waals surface area contributed by atoms with Crippen molar-refractivity contribution >= 4 is 10.0 Å². The van der Waals surface area contributed by atoms with E-state index in [2.05, 4.69) is 0 Å². The molecule has 0 spiro atoms. The van der Waals surface area contributed by atoms with Crippen molar-refractivity contribution in [3.8, 4) is 0 Å². The normalized spacial score (nSPS) is 12.3. The fourth-order valence-corrected chi connectivity index (χ4v) is 3.84. The second kappa shape index (κ2) is 7.10. The van der Waals surface area contributed by atoms with E-state index in [1.807, 2.05) is 13.8 Å². The van der Waals surface area contributed by atoms with Gasteiger partial charge in [0.1, 0.15) is 0 Å². The van der Waals surface area contributed by atoms with E-state index in [1.165, 1.54) is 0 Å².